The summed E-state index contributed by atoms with van der Waals surface area (Å²) in [5, 5.41) is 7.47. The van der Waals surface area contributed by atoms with E-state index in [9.17, 15) is 14.4 Å². The third kappa shape index (κ3) is 8.16. The average Bonchev–Trinajstić information content (AvgIpc) is 2.38. The molecule has 0 aliphatic rings. The summed E-state index contributed by atoms with van der Waals surface area (Å²) in [5.41, 5.74) is -0.636. The van der Waals surface area contributed by atoms with Gasteiger partial charge in [-0.2, -0.15) is 0 Å². The number of carbonyl (C=O) groups is 3. The Morgan fingerprint density at radius 2 is 1.76 bits per heavy atom. The van der Waals surface area contributed by atoms with Gasteiger partial charge in [-0.15, -0.1) is 0 Å². The second-order valence-corrected chi connectivity index (χ2v) is 5.90. The van der Waals surface area contributed by atoms with Crippen molar-refractivity contribution in [2.24, 2.45) is 5.92 Å². The van der Waals surface area contributed by atoms with Gasteiger partial charge >= 0.3 is 6.09 Å². The number of alkyl carbamates (subject to hydrolysis) is 1. The summed E-state index contributed by atoms with van der Waals surface area (Å²) in [6.07, 6.45) is 0.0521. The third-order valence-electron chi connectivity index (χ3n) is 2.87. The monoisotopic (exact) mass is 301 g/mol. The van der Waals surface area contributed by atoms with Crippen molar-refractivity contribution in [1.82, 2.24) is 16.0 Å². The summed E-state index contributed by atoms with van der Waals surface area (Å²) in [7, 11) is 1.49. The first kappa shape index (κ1) is 19.2. The van der Waals surface area contributed by atoms with Gasteiger partial charge in [0.25, 0.3) is 0 Å². The van der Waals surface area contributed by atoms with Crippen molar-refractivity contribution >= 4 is 17.9 Å². The molecule has 0 fully saturated rings. The molecule has 0 radical (unpaired) electrons. The molecule has 2 atom stereocenters. The van der Waals surface area contributed by atoms with Gasteiger partial charge in [-0.05, 0) is 26.7 Å². The van der Waals surface area contributed by atoms with Crippen molar-refractivity contribution in [3.63, 3.8) is 0 Å². The molecule has 0 heterocycles. The van der Waals surface area contributed by atoms with E-state index in [1.807, 2.05) is 13.8 Å². The van der Waals surface area contributed by atoms with E-state index in [0.717, 1.165) is 0 Å². The predicted octanol–water partition coefficient (Wildman–Crippen LogP) is 0.788. The molecule has 0 spiro atoms. The van der Waals surface area contributed by atoms with Gasteiger partial charge in [0.15, 0.2) is 0 Å². The molecule has 3 N–H and O–H groups in total. The Labute approximate surface area is 126 Å². The zero-order chi connectivity index (χ0) is 16.6. The van der Waals surface area contributed by atoms with E-state index < -0.39 is 23.6 Å². The first-order valence-corrected chi connectivity index (χ1v) is 7.08. The lowest BCUT2D eigenvalue weighted by atomic mass is 9.98. The minimum atomic E-state index is -0.741. The Bertz CT molecular complexity index is 377. The lowest BCUT2D eigenvalue weighted by Crippen LogP contribution is -2.52. The number of ether oxygens (including phenoxy) is 1. The molecule has 7 heteroatoms. The molecule has 0 aliphatic heterocycles. The lowest BCUT2D eigenvalue weighted by Gasteiger charge is -2.26. The summed E-state index contributed by atoms with van der Waals surface area (Å²) >= 11 is 0. The molecular weight excluding hydrogens is 274 g/mol. The molecule has 0 aromatic heterocycles. The quantitative estimate of drug-likeness (QED) is 0.675. The molecule has 0 aromatic carbocycles. The first-order chi connectivity index (χ1) is 9.60. The van der Waals surface area contributed by atoms with Gasteiger partial charge < -0.3 is 20.7 Å². The Morgan fingerprint density at radius 1 is 1.19 bits per heavy atom. The molecule has 0 unspecified atom stereocenters. The average molecular weight is 301 g/mol. The van der Waals surface area contributed by atoms with Crippen molar-refractivity contribution in [3.05, 3.63) is 0 Å². The van der Waals surface area contributed by atoms with Crippen molar-refractivity contribution in [1.29, 1.82) is 0 Å². The van der Waals surface area contributed by atoms with Crippen molar-refractivity contribution in [3.8, 4) is 0 Å². The Balaban J connectivity index is 4.69. The van der Waals surface area contributed by atoms with E-state index in [4.69, 9.17) is 4.74 Å². The minimum Gasteiger partial charge on any atom is -0.444 e. The summed E-state index contributed by atoms with van der Waals surface area (Å²) < 4.78 is 5.15. The second kappa shape index (κ2) is 8.49. The first-order valence-electron chi connectivity index (χ1n) is 7.08. The van der Waals surface area contributed by atoms with Gasteiger partial charge in [0.05, 0.1) is 6.54 Å². The van der Waals surface area contributed by atoms with E-state index in [1.54, 1.807) is 20.8 Å². The van der Waals surface area contributed by atoms with Crippen LogP contribution in [-0.4, -0.2) is 43.1 Å². The summed E-state index contributed by atoms with van der Waals surface area (Å²) in [5.74, 6) is -0.787. The van der Waals surface area contributed by atoms with Gasteiger partial charge in [-0.25, -0.2) is 4.79 Å². The van der Waals surface area contributed by atoms with Crippen LogP contribution in [0.2, 0.25) is 0 Å². The summed E-state index contributed by atoms with van der Waals surface area (Å²) in [4.78, 5) is 35.0. The van der Waals surface area contributed by atoms with Crippen LogP contribution < -0.4 is 16.0 Å². The largest absolute Gasteiger partial charge is 0.444 e. The van der Waals surface area contributed by atoms with E-state index in [2.05, 4.69) is 16.0 Å². The van der Waals surface area contributed by atoms with Crippen LogP contribution in [0.25, 0.3) is 0 Å². The number of likely N-dealkylation sites (N-methyl/N-ethyl adjacent to an activating group) is 1. The maximum atomic E-state index is 12.1. The third-order valence-corrected chi connectivity index (χ3v) is 2.87. The normalized spacial score (nSPS) is 13.8. The summed E-state index contributed by atoms with van der Waals surface area (Å²) in [6.45, 7) is 8.88. The van der Waals surface area contributed by atoms with E-state index in [-0.39, 0.29) is 18.4 Å². The molecule has 0 aliphatic carbocycles. The van der Waals surface area contributed by atoms with Gasteiger partial charge in [-0.3, -0.25) is 9.59 Å². The van der Waals surface area contributed by atoms with E-state index in [0.29, 0.717) is 6.42 Å². The number of hydrogen-bond acceptors (Lipinski definition) is 4. The topological polar surface area (TPSA) is 96.5 Å². The van der Waals surface area contributed by atoms with E-state index in [1.165, 1.54) is 7.05 Å². The number of hydrogen-bond donors (Lipinski definition) is 3. The van der Waals surface area contributed by atoms with Crippen LogP contribution in [0.3, 0.4) is 0 Å². The van der Waals surface area contributed by atoms with Crippen LogP contribution in [-0.2, 0) is 14.3 Å². The lowest BCUT2D eigenvalue weighted by molar-refractivity contribution is -0.127. The summed E-state index contributed by atoms with van der Waals surface area (Å²) in [6, 6.07) is -0.741. The SMILES string of the molecule is CC[C@H](C)[C@H](NC(=O)OC(C)(C)C)C(=O)NCC(=O)NC. The predicted molar refractivity (Wildman–Crippen MR) is 79.7 cm³/mol. The Morgan fingerprint density at radius 3 is 2.19 bits per heavy atom. The zero-order valence-electron chi connectivity index (χ0n) is 13.7. The maximum absolute atomic E-state index is 12.1. The molecule has 0 aromatic rings. The fraction of sp³-hybridized carbons (Fsp3) is 0.786. The molecule has 7 nitrogen and oxygen atoms in total. The van der Waals surface area contributed by atoms with Crippen molar-refractivity contribution in [2.45, 2.75) is 52.7 Å². The van der Waals surface area contributed by atoms with Crippen molar-refractivity contribution < 1.29 is 19.1 Å². The number of nitrogens with one attached hydrogen (secondary N) is 3. The fourth-order valence-corrected chi connectivity index (χ4v) is 1.50. The molecule has 0 saturated carbocycles. The molecule has 122 valence electrons. The standard InChI is InChI=1S/C14H27N3O4/c1-7-9(2)11(12(19)16-8-10(18)15-6)17-13(20)21-14(3,4)5/h9,11H,7-8H2,1-6H3,(H,15,18)(H,16,19)(H,17,20)/t9-,11-/m0/s1. The molecule has 3 amide bonds. The molecule has 21 heavy (non-hydrogen) atoms. The highest BCUT2D eigenvalue weighted by Crippen LogP contribution is 2.11. The maximum Gasteiger partial charge on any atom is 0.408 e. The Hall–Kier alpha value is -1.79. The second-order valence-electron chi connectivity index (χ2n) is 5.90. The van der Waals surface area contributed by atoms with Gasteiger partial charge in [0.2, 0.25) is 11.8 Å². The van der Waals surface area contributed by atoms with E-state index >= 15 is 0 Å². The van der Waals surface area contributed by atoms with Crippen LogP contribution in [0.5, 0.6) is 0 Å². The van der Waals surface area contributed by atoms with Crippen molar-refractivity contribution in [2.75, 3.05) is 13.6 Å². The fourth-order valence-electron chi connectivity index (χ4n) is 1.50. The molecular formula is C14H27N3O4. The minimum absolute atomic E-state index is 0.0813. The van der Waals surface area contributed by atoms with Crippen LogP contribution >= 0.6 is 0 Å². The smallest absolute Gasteiger partial charge is 0.408 e. The zero-order valence-corrected chi connectivity index (χ0v) is 13.7. The van der Waals surface area contributed by atoms with Crippen LogP contribution in [0.4, 0.5) is 4.79 Å². The van der Waals surface area contributed by atoms with Gasteiger partial charge in [0, 0.05) is 7.05 Å². The number of amides is 3. The highest BCUT2D eigenvalue weighted by molar-refractivity contribution is 5.89. The highest BCUT2D eigenvalue weighted by atomic mass is 16.6. The number of carbonyl (C=O) groups excluding carboxylic acids is 3. The van der Waals surface area contributed by atoms with Crippen LogP contribution in [0.1, 0.15) is 41.0 Å². The van der Waals surface area contributed by atoms with Crippen LogP contribution in [0, 0.1) is 5.92 Å². The molecule has 0 bridgehead atoms. The molecule has 0 saturated heterocycles. The highest BCUT2D eigenvalue weighted by Gasteiger charge is 2.28. The van der Waals surface area contributed by atoms with Gasteiger partial charge in [-0.1, -0.05) is 20.3 Å². The van der Waals surface area contributed by atoms with Gasteiger partial charge in [0.1, 0.15) is 11.6 Å². The molecule has 0 rings (SSSR count). The van der Waals surface area contributed by atoms with Crippen LogP contribution in [0.15, 0.2) is 0 Å². The Kier molecular flexibility index (Phi) is 7.76. The number of rotatable bonds is 6.